The molecule has 3 N–H and O–H groups in total. The lowest BCUT2D eigenvalue weighted by Crippen LogP contribution is -2.27. The van der Waals surface area contributed by atoms with Crippen molar-refractivity contribution in [1.82, 2.24) is 4.72 Å². The molecule has 0 saturated heterocycles. The van der Waals surface area contributed by atoms with Crippen LogP contribution in [0.4, 0.5) is 5.69 Å². The van der Waals surface area contributed by atoms with Gasteiger partial charge in [0, 0.05) is 11.7 Å². The quantitative estimate of drug-likeness (QED) is 0.788. The maximum Gasteiger partial charge on any atom is 0.244 e. The van der Waals surface area contributed by atoms with E-state index in [-0.39, 0.29) is 10.9 Å². The van der Waals surface area contributed by atoms with Crippen LogP contribution in [0.2, 0.25) is 0 Å². The lowest BCUT2D eigenvalue weighted by atomic mass is 10.2. The van der Waals surface area contributed by atoms with E-state index >= 15 is 0 Å². The lowest BCUT2D eigenvalue weighted by molar-refractivity contribution is 0.402. The maximum absolute atomic E-state index is 12.4. The highest BCUT2D eigenvalue weighted by Crippen LogP contribution is 2.37. The van der Waals surface area contributed by atoms with Crippen molar-refractivity contribution in [3.8, 4) is 5.75 Å². The van der Waals surface area contributed by atoms with Gasteiger partial charge in [-0.05, 0) is 43.4 Å². The van der Waals surface area contributed by atoms with Gasteiger partial charge in [0.25, 0.3) is 0 Å². The summed E-state index contributed by atoms with van der Waals surface area (Å²) in [6.45, 7) is 3.92. The van der Waals surface area contributed by atoms with E-state index in [0.717, 1.165) is 24.8 Å². The van der Waals surface area contributed by atoms with E-state index in [2.05, 4.69) is 11.6 Å². The Kier molecular flexibility index (Phi) is 4.25. The van der Waals surface area contributed by atoms with Crippen LogP contribution in [0.5, 0.6) is 5.75 Å². The summed E-state index contributed by atoms with van der Waals surface area (Å²) in [5.74, 6) is 0.792. The number of nitrogens with one attached hydrogen (secondary N) is 1. The van der Waals surface area contributed by atoms with E-state index in [9.17, 15) is 8.42 Å². The third-order valence-electron chi connectivity index (χ3n) is 3.73. The lowest BCUT2D eigenvalue weighted by Gasteiger charge is -2.13. The van der Waals surface area contributed by atoms with Gasteiger partial charge in [0.1, 0.15) is 10.6 Å². The Hall–Kier alpha value is -1.27. The van der Waals surface area contributed by atoms with Crippen LogP contribution in [0.3, 0.4) is 0 Å². The summed E-state index contributed by atoms with van der Waals surface area (Å²) >= 11 is 0. The molecule has 2 rings (SSSR count). The maximum atomic E-state index is 12.4. The Morgan fingerprint density at radius 3 is 2.75 bits per heavy atom. The molecule has 0 spiro atoms. The van der Waals surface area contributed by atoms with Crippen LogP contribution in [0, 0.1) is 12.8 Å². The number of methoxy groups -OCH3 is 1. The molecule has 20 heavy (non-hydrogen) atoms. The van der Waals surface area contributed by atoms with E-state index in [0.29, 0.717) is 17.4 Å². The second kappa shape index (κ2) is 5.61. The molecule has 1 fully saturated rings. The molecule has 0 bridgehead atoms. The fraction of sp³-hybridized carbons (Fsp3) is 0.571. The van der Waals surface area contributed by atoms with Crippen molar-refractivity contribution in [3.63, 3.8) is 0 Å². The summed E-state index contributed by atoms with van der Waals surface area (Å²) in [6.07, 6.45) is 3.04. The zero-order valence-corrected chi connectivity index (χ0v) is 13.0. The SMILES string of the molecule is CCCC1CC1NS(=O)(=O)c1cc(N)c(C)cc1OC. The van der Waals surface area contributed by atoms with Gasteiger partial charge < -0.3 is 10.5 Å². The first-order valence-electron chi connectivity index (χ1n) is 6.85. The fourth-order valence-corrected chi connectivity index (χ4v) is 3.89. The van der Waals surface area contributed by atoms with E-state index in [1.165, 1.54) is 13.2 Å². The van der Waals surface area contributed by atoms with Crippen molar-refractivity contribution in [2.75, 3.05) is 12.8 Å². The molecule has 0 aromatic heterocycles. The predicted octanol–water partition coefficient (Wildman–Crippen LogP) is 2.05. The Balaban J connectivity index is 2.24. The van der Waals surface area contributed by atoms with Crippen molar-refractivity contribution in [3.05, 3.63) is 17.7 Å². The van der Waals surface area contributed by atoms with Crippen LogP contribution in [0.15, 0.2) is 17.0 Å². The van der Waals surface area contributed by atoms with Gasteiger partial charge in [0.05, 0.1) is 7.11 Å². The second-order valence-corrected chi connectivity index (χ2v) is 7.05. The number of nitrogens with two attached hydrogens (primary N) is 1. The zero-order chi connectivity index (χ0) is 14.9. The minimum Gasteiger partial charge on any atom is -0.495 e. The molecule has 0 amide bonds. The minimum atomic E-state index is -3.59. The summed E-state index contributed by atoms with van der Waals surface area (Å²) in [5, 5.41) is 0. The first-order chi connectivity index (χ1) is 9.39. The number of hydrogen-bond acceptors (Lipinski definition) is 4. The predicted molar refractivity (Wildman–Crippen MR) is 79.3 cm³/mol. The highest BCUT2D eigenvalue weighted by Gasteiger charge is 2.39. The van der Waals surface area contributed by atoms with Gasteiger partial charge in [-0.2, -0.15) is 0 Å². The van der Waals surface area contributed by atoms with Crippen LogP contribution in [-0.4, -0.2) is 21.6 Å². The average molecular weight is 298 g/mol. The molecule has 2 unspecified atom stereocenters. The zero-order valence-electron chi connectivity index (χ0n) is 12.1. The standard InChI is InChI=1S/C14H22N2O3S/c1-4-5-10-7-12(10)16-20(17,18)14-8-11(15)9(2)6-13(14)19-3/h6,8,10,12,16H,4-5,7,15H2,1-3H3. The van der Waals surface area contributed by atoms with Gasteiger partial charge in [-0.3, -0.25) is 0 Å². The molecule has 0 aliphatic heterocycles. The summed E-state index contributed by atoms with van der Waals surface area (Å²) < 4.78 is 32.8. The number of benzene rings is 1. The largest absolute Gasteiger partial charge is 0.495 e. The van der Waals surface area contributed by atoms with Crippen molar-refractivity contribution in [2.45, 2.75) is 44.0 Å². The molecular formula is C14H22N2O3S. The van der Waals surface area contributed by atoms with E-state index in [1.807, 2.05) is 6.92 Å². The molecule has 1 aromatic rings. The third-order valence-corrected chi connectivity index (χ3v) is 5.24. The number of nitrogen functional groups attached to an aromatic ring is 1. The topological polar surface area (TPSA) is 81.4 Å². The normalized spacial score (nSPS) is 21.8. The Bertz CT molecular complexity index is 599. The van der Waals surface area contributed by atoms with Gasteiger partial charge in [0.2, 0.25) is 10.0 Å². The number of anilines is 1. The van der Waals surface area contributed by atoms with E-state index in [1.54, 1.807) is 6.07 Å². The van der Waals surface area contributed by atoms with Gasteiger partial charge >= 0.3 is 0 Å². The van der Waals surface area contributed by atoms with Crippen molar-refractivity contribution < 1.29 is 13.2 Å². The highest BCUT2D eigenvalue weighted by molar-refractivity contribution is 7.89. The number of hydrogen-bond donors (Lipinski definition) is 2. The fourth-order valence-electron chi connectivity index (χ4n) is 2.39. The molecule has 1 saturated carbocycles. The van der Waals surface area contributed by atoms with Crippen LogP contribution >= 0.6 is 0 Å². The summed E-state index contributed by atoms with van der Waals surface area (Å²) in [5.41, 5.74) is 7.07. The van der Waals surface area contributed by atoms with Crippen molar-refractivity contribution in [2.24, 2.45) is 5.92 Å². The third kappa shape index (κ3) is 3.07. The molecule has 1 aliphatic rings. The second-order valence-electron chi connectivity index (χ2n) is 5.37. The minimum absolute atomic E-state index is 0.0483. The van der Waals surface area contributed by atoms with Crippen LogP contribution in [0.1, 0.15) is 31.7 Å². The molecule has 1 aromatic carbocycles. The monoisotopic (exact) mass is 298 g/mol. The Labute approximate surface area is 120 Å². The van der Waals surface area contributed by atoms with Gasteiger partial charge in [0.15, 0.2) is 0 Å². The molecule has 1 aliphatic carbocycles. The average Bonchev–Trinajstić information content (AvgIpc) is 3.09. The number of sulfonamides is 1. The Morgan fingerprint density at radius 1 is 1.45 bits per heavy atom. The first kappa shape index (κ1) is 15.1. The molecular weight excluding hydrogens is 276 g/mol. The van der Waals surface area contributed by atoms with Crippen LogP contribution in [-0.2, 0) is 10.0 Å². The number of aryl methyl sites for hydroxylation is 1. The van der Waals surface area contributed by atoms with Crippen molar-refractivity contribution >= 4 is 15.7 Å². The van der Waals surface area contributed by atoms with Gasteiger partial charge in [-0.25, -0.2) is 13.1 Å². The smallest absolute Gasteiger partial charge is 0.244 e. The van der Waals surface area contributed by atoms with Gasteiger partial charge in [-0.15, -0.1) is 0 Å². The van der Waals surface area contributed by atoms with Crippen molar-refractivity contribution in [1.29, 1.82) is 0 Å². The summed E-state index contributed by atoms with van der Waals surface area (Å²) in [6, 6.07) is 3.17. The molecule has 6 heteroatoms. The molecule has 112 valence electrons. The Morgan fingerprint density at radius 2 is 2.15 bits per heavy atom. The number of rotatable bonds is 6. The molecule has 0 radical (unpaired) electrons. The molecule has 5 nitrogen and oxygen atoms in total. The molecule has 0 heterocycles. The highest BCUT2D eigenvalue weighted by atomic mass is 32.2. The van der Waals surface area contributed by atoms with Crippen LogP contribution in [0.25, 0.3) is 0 Å². The summed E-state index contributed by atoms with van der Waals surface area (Å²) in [7, 11) is -2.13. The summed E-state index contributed by atoms with van der Waals surface area (Å²) in [4.78, 5) is 0.116. The van der Waals surface area contributed by atoms with Crippen LogP contribution < -0.4 is 15.2 Å². The first-order valence-corrected chi connectivity index (χ1v) is 8.33. The molecule has 2 atom stereocenters. The van der Waals surface area contributed by atoms with E-state index in [4.69, 9.17) is 10.5 Å². The van der Waals surface area contributed by atoms with E-state index < -0.39 is 10.0 Å². The van der Waals surface area contributed by atoms with Gasteiger partial charge in [-0.1, -0.05) is 13.3 Å². The number of ether oxygens (including phenoxy) is 1.